The Hall–Kier alpha value is -2.81. The lowest BCUT2D eigenvalue weighted by molar-refractivity contribution is 0.331. The molecule has 9 heteroatoms. The standard InChI is InChI=1S/C16H15FN4O3S/c1-25(22,23)9-8-24-15-14-13(20-16(18)21-15)7-6-12(19-14)10-2-4-11(17)5-3-10/h2-7H,8-9H2,1H3,(H2,18,20,21). The number of halogens is 1. The summed E-state index contributed by atoms with van der Waals surface area (Å²) in [5, 5.41) is 0. The Morgan fingerprint density at radius 3 is 2.48 bits per heavy atom. The van der Waals surface area contributed by atoms with E-state index in [9.17, 15) is 12.8 Å². The van der Waals surface area contributed by atoms with Gasteiger partial charge < -0.3 is 10.5 Å². The van der Waals surface area contributed by atoms with E-state index >= 15 is 0 Å². The first-order valence-electron chi connectivity index (χ1n) is 7.32. The number of benzene rings is 1. The fourth-order valence-electron chi connectivity index (χ4n) is 2.18. The van der Waals surface area contributed by atoms with Gasteiger partial charge in [0.1, 0.15) is 12.4 Å². The minimum atomic E-state index is -3.17. The Bertz CT molecular complexity index is 1020. The average molecular weight is 362 g/mol. The molecule has 0 aliphatic rings. The van der Waals surface area contributed by atoms with Gasteiger partial charge in [-0.2, -0.15) is 4.98 Å². The molecule has 7 nitrogen and oxygen atoms in total. The van der Waals surface area contributed by atoms with Crippen LogP contribution >= 0.6 is 0 Å². The zero-order valence-corrected chi connectivity index (χ0v) is 14.1. The molecule has 0 bridgehead atoms. The molecule has 0 spiro atoms. The highest BCUT2D eigenvalue weighted by Gasteiger charge is 2.12. The zero-order valence-electron chi connectivity index (χ0n) is 13.3. The summed E-state index contributed by atoms with van der Waals surface area (Å²) in [7, 11) is -3.17. The molecule has 0 fully saturated rings. The van der Waals surface area contributed by atoms with Crippen molar-refractivity contribution in [2.75, 3.05) is 24.3 Å². The maximum atomic E-state index is 13.1. The van der Waals surface area contributed by atoms with Crippen molar-refractivity contribution in [3.63, 3.8) is 0 Å². The van der Waals surface area contributed by atoms with E-state index < -0.39 is 9.84 Å². The van der Waals surface area contributed by atoms with E-state index in [1.54, 1.807) is 24.3 Å². The second-order valence-corrected chi connectivity index (χ2v) is 7.70. The number of fused-ring (bicyclic) bond motifs is 1. The van der Waals surface area contributed by atoms with Crippen molar-refractivity contribution in [1.29, 1.82) is 0 Å². The molecule has 1 aromatic carbocycles. The third kappa shape index (κ3) is 4.18. The zero-order chi connectivity index (χ0) is 18.0. The maximum absolute atomic E-state index is 13.1. The molecule has 2 aromatic heterocycles. The summed E-state index contributed by atoms with van der Waals surface area (Å²) < 4.78 is 41.0. The van der Waals surface area contributed by atoms with Crippen LogP contribution < -0.4 is 10.5 Å². The van der Waals surface area contributed by atoms with E-state index in [-0.39, 0.29) is 30.0 Å². The lowest BCUT2D eigenvalue weighted by atomic mass is 10.1. The molecule has 3 rings (SSSR count). The summed E-state index contributed by atoms with van der Waals surface area (Å²) >= 11 is 0. The number of rotatable bonds is 5. The maximum Gasteiger partial charge on any atom is 0.245 e. The highest BCUT2D eigenvalue weighted by Crippen LogP contribution is 2.26. The minimum Gasteiger partial charge on any atom is -0.475 e. The van der Waals surface area contributed by atoms with E-state index in [0.29, 0.717) is 22.3 Å². The van der Waals surface area contributed by atoms with Crippen LogP contribution in [-0.4, -0.2) is 42.0 Å². The van der Waals surface area contributed by atoms with Gasteiger partial charge in [-0.25, -0.2) is 22.8 Å². The first-order valence-corrected chi connectivity index (χ1v) is 9.38. The van der Waals surface area contributed by atoms with Gasteiger partial charge in [-0.05, 0) is 36.4 Å². The first-order chi connectivity index (χ1) is 11.8. The number of ether oxygens (including phenoxy) is 1. The van der Waals surface area contributed by atoms with Gasteiger partial charge in [0.25, 0.3) is 0 Å². The van der Waals surface area contributed by atoms with E-state index in [1.807, 2.05) is 0 Å². The van der Waals surface area contributed by atoms with Crippen molar-refractivity contribution in [2.24, 2.45) is 0 Å². The molecule has 0 radical (unpaired) electrons. The van der Waals surface area contributed by atoms with Crippen molar-refractivity contribution in [1.82, 2.24) is 15.0 Å². The Balaban J connectivity index is 2.00. The number of nitrogens with two attached hydrogens (primary N) is 1. The van der Waals surface area contributed by atoms with Crippen molar-refractivity contribution in [2.45, 2.75) is 0 Å². The average Bonchev–Trinajstić information content (AvgIpc) is 2.54. The first kappa shape index (κ1) is 17.0. The van der Waals surface area contributed by atoms with Gasteiger partial charge in [0, 0.05) is 11.8 Å². The molecule has 2 N–H and O–H groups in total. The summed E-state index contributed by atoms with van der Waals surface area (Å²) in [5.74, 6) is -0.394. The minimum absolute atomic E-state index is 0.00168. The molecule has 130 valence electrons. The molecule has 25 heavy (non-hydrogen) atoms. The Labute approximate surface area is 143 Å². The highest BCUT2D eigenvalue weighted by molar-refractivity contribution is 7.90. The van der Waals surface area contributed by atoms with E-state index in [0.717, 1.165) is 6.26 Å². The molecule has 0 unspecified atom stereocenters. The summed E-state index contributed by atoms with van der Waals surface area (Å²) in [5.41, 5.74) is 7.76. The SMILES string of the molecule is CS(=O)(=O)CCOc1nc(N)nc2ccc(-c3ccc(F)cc3)nc12. The fourth-order valence-corrected chi connectivity index (χ4v) is 2.56. The smallest absolute Gasteiger partial charge is 0.245 e. The summed E-state index contributed by atoms with van der Waals surface area (Å²) in [6.45, 7) is -0.0765. The van der Waals surface area contributed by atoms with Crippen molar-refractivity contribution in [3.05, 3.63) is 42.2 Å². The second-order valence-electron chi connectivity index (χ2n) is 5.44. The lowest BCUT2D eigenvalue weighted by Crippen LogP contribution is -2.13. The molecule has 3 aromatic rings. The number of sulfone groups is 1. The molecule has 0 aliphatic carbocycles. The van der Waals surface area contributed by atoms with Crippen molar-refractivity contribution in [3.8, 4) is 17.1 Å². The lowest BCUT2D eigenvalue weighted by Gasteiger charge is -2.09. The number of hydrogen-bond acceptors (Lipinski definition) is 7. The molecule has 0 amide bonds. The van der Waals surface area contributed by atoms with Crippen LogP contribution in [0, 0.1) is 5.82 Å². The number of anilines is 1. The van der Waals surface area contributed by atoms with Crippen molar-refractivity contribution >= 4 is 26.8 Å². The molecule has 0 aliphatic heterocycles. The monoisotopic (exact) mass is 362 g/mol. The molecule has 0 saturated heterocycles. The van der Waals surface area contributed by atoms with E-state index in [4.69, 9.17) is 10.5 Å². The van der Waals surface area contributed by atoms with Gasteiger partial charge in [0.05, 0.1) is 17.0 Å². The molecular weight excluding hydrogens is 347 g/mol. The number of aromatic nitrogens is 3. The number of pyridine rings is 1. The quantitative estimate of drug-likeness (QED) is 0.737. The number of nitrogens with zero attached hydrogens (tertiary/aromatic N) is 3. The highest BCUT2D eigenvalue weighted by atomic mass is 32.2. The van der Waals surface area contributed by atoms with Gasteiger partial charge in [-0.15, -0.1) is 0 Å². The topological polar surface area (TPSA) is 108 Å². The van der Waals surface area contributed by atoms with Gasteiger partial charge in [0.2, 0.25) is 11.8 Å². The van der Waals surface area contributed by atoms with Gasteiger partial charge >= 0.3 is 0 Å². The predicted molar refractivity (Wildman–Crippen MR) is 92.3 cm³/mol. The Morgan fingerprint density at radius 2 is 1.80 bits per heavy atom. The number of hydrogen-bond donors (Lipinski definition) is 1. The normalized spacial score (nSPS) is 11.6. The molecule has 0 saturated carbocycles. The summed E-state index contributed by atoms with van der Waals surface area (Å²) in [6.07, 6.45) is 1.12. The van der Waals surface area contributed by atoms with Crippen LogP contribution in [0.2, 0.25) is 0 Å². The van der Waals surface area contributed by atoms with Crippen LogP contribution in [-0.2, 0) is 9.84 Å². The third-order valence-corrected chi connectivity index (χ3v) is 4.27. The van der Waals surface area contributed by atoms with Gasteiger partial charge in [-0.1, -0.05) is 0 Å². The van der Waals surface area contributed by atoms with Crippen LogP contribution in [0.5, 0.6) is 5.88 Å². The third-order valence-electron chi connectivity index (χ3n) is 3.36. The van der Waals surface area contributed by atoms with Crippen LogP contribution in [0.1, 0.15) is 0 Å². The van der Waals surface area contributed by atoms with E-state index in [1.165, 1.54) is 12.1 Å². The van der Waals surface area contributed by atoms with E-state index in [2.05, 4.69) is 15.0 Å². The van der Waals surface area contributed by atoms with Gasteiger partial charge in [0.15, 0.2) is 15.4 Å². The van der Waals surface area contributed by atoms with Crippen LogP contribution in [0.25, 0.3) is 22.3 Å². The summed E-state index contributed by atoms with van der Waals surface area (Å²) in [4.78, 5) is 12.5. The van der Waals surface area contributed by atoms with Crippen LogP contribution in [0.3, 0.4) is 0 Å². The van der Waals surface area contributed by atoms with Gasteiger partial charge in [-0.3, -0.25) is 0 Å². The predicted octanol–water partition coefficient (Wildman–Crippen LogP) is 1.84. The Kier molecular flexibility index (Phi) is 4.49. The molecule has 0 atom stereocenters. The van der Waals surface area contributed by atoms with Crippen LogP contribution in [0.4, 0.5) is 10.3 Å². The molecule has 2 heterocycles. The van der Waals surface area contributed by atoms with Crippen LogP contribution in [0.15, 0.2) is 36.4 Å². The second kappa shape index (κ2) is 6.60. The Morgan fingerprint density at radius 1 is 1.08 bits per heavy atom. The summed E-state index contributed by atoms with van der Waals surface area (Å²) in [6, 6.07) is 9.30. The molecular formula is C16H15FN4O3S. The largest absolute Gasteiger partial charge is 0.475 e. The number of nitrogen functional groups attached to an aromatic ring is 1. The fraction of sp³-hybridized carbons (Fsp3) is 0.188. The van der Waals surface area contributed by atoms with Crippen molar-refractivity contribution < 1.29 is 17.5 Å².